The molecular weight excluding hydrogens is 272 g/mol. The second-order valence-corrected chi connectivity index (χ2v) is 5.21. The lowest BCUT2D eigenvalue weighted by Gasteiger charge is -2.14. The molecule has 0 fully saturated rings. The fourth-order valence-corrected chi connectivity index (χ4v) is 2.67. The molecule has 104 valence electrons. The number of thioether (sulfide) groups is 1. The molecule has 1 aromatic carbocycles. The van der Waals surface area contributed by atoms with Gasteiger partial charge in [-0.1, -0.05) is 42.1 Å². The van der Waals surface area contributed by atoms with Crippen LogP contribution in [-0.4, -0.2) is 22.5 Å². The van der Waals surface area contributed by atoms with E-state index >= 15 is 0 Å². The summed E-state index contributed by atoms with van der Waals surface area (Å²) >= 11 is 1.31. The van der Waals surface area contributed by atoms with E-state index in [2.05, 4.69) is 9.97 Å². The third-order valence-electron chi connectivity index (χ3n) is 2.60. The van der Waals surface area contributed by atoms with Crippen molar-refractivity contribution in [2.45, 2.75) is 24.3 Å². The Morgan fingerprint density at radius 3 is 2.70 bits per heavy atom. The highest BCUT2D eigenvalue weighted by atomic mass is 32.2. The van der Waals surface area contributed by atoms with E-state index < -0.39 is 5.25 Å². The summed E-state index contributed by atoms with van der Waals surface area (Å²) in [7, 11) is 0. The lowest BCUT2D eigenvalue weighted by atomic mass is 10.1. The van der Waals surface area contributed by atoms with Crippen molar-refractivity contribution in [3.63, 3.8) is 0 Å². The number of nitrogens with zero attached hydrogens (tertiary/aromatic N) is 2. The Kier molecular flexibility index (Phi) is 5.12. The van der Waals surface area contributed by atoms with Gasteiger partial charge in [0.25, 0.3) is 0 Å². The Balaban J connectivity index is 2.25. The maximum absolute atomic E-state index is 12.1. The zero-order valence-electron chi connectivity index (χ0n) is 11.4. The number of ether oxygens (including phenoxy) is 1. The van der Waals surface area contributed by atoms with Crippen LogP contribution < -0.4 is 0 Å². The highest BCUT2D eigenvalue weighted by Crippen LogP contribution is 2.34. The predicted molar refractivity (Wildman–Crippen MR) is 78.4 cm³/mol. The van der Waals surface area contributed by atoms with Gasteiger partial charge in [-0.05, 0) is 25.5 Å². The van der Waals surface area contributed by atoms with Crippen LogP contribution in [0.15, 0.2) is 47.8 Å². The molecule has 1 aromatic heterocycles. The van der Waals surface area contributed by atoms with Crippen LogP contribution in [0, 0.1) is 6.92 Å². The van der Waals surface area contributed by atoms with E-state index in [9.17, 15) is 4.79 Å². The summed E-state index contributed by atoms with van der Waals surface area (Å²) in [6.07, 6.45) is 1.69. The van der Waals surface area contributed by atoms with Gasteiger partial charge in [0.05, 0.1) is 6.61 Å². The second kappa shape index (κ2) is 7.05. The summed E-state index contributed by atoms with van der Waals surface area (Å²) in [6.45, 7) is 4.05. The molecule has 0 N–H and O–H groups in total. The molecule has 0 spiro atoms. The van der Waals surface area contributed by atoms with Crippen LogP contribution >= 0.6 is 11.8 Å². The summed E-state index contributed by atoms with van der Waals surface area (Å²) in [5.74, 6) is -0.270. The van der Waals surface area contributed by atoms with Crippen molar-refractivity contribution in [3.8, 4) is 0 Å². The molecular formula is C15H16N2O2S. The Hall–Kier alpha value is -1.88. The van der Waals surface area contributed by atoms with Gasteiger partial charge < -0.3 is 4.74 Å². The molecule has 0 amide bonds. The third-order valence-corrected chi connectivity index (χ3v) is 3.71. The van der Waals surface area contributed by atoms with Gasteiger partial charge >= 0.3 is 5.97 Å². The number of esters is 1. The largest absolute Gasteiger partial charge is 0.465 e. The van der Waals surface area contributed by atoms with E-state index in [-0.39, 0.29) is 5.97 Å². The standard InChI is InChI=1S/C15H16N2O2S/c1-3-19-14(18)13(12-7-5-4-6-8-12)20-15-16-10-9-11(2)17-15/h4-10,13H,3H2,1-2H3. The topological polar surface area (TPSA) is 52.1 Å². The fraction of sp³-hybridized carbons (Fsp3) is 0.267. The quantitative estimate of drug-likeness (QED) is 0.480. The molecule has 0 saturated carbocycles. The van der Waals surface area contributed by atoms with Crippen molar-refractivity contribution in [1.29, 1.82) is 0 Å². The molecule has 1 heterocycles. The molecule has 2 rings (SSSR count). The van der Waals surface area contributed by atoms with Gasteiger partial charge in [0.15, 0.2) is 5.16 Å². The van der Waals surface area contributed by atoms with Crippen LogP contribution in [0.4, 0.5) is 0 Å². The maximum atomic E-state index is 12.1. The summed E-state index contributed by atoms with van der Waals surface area (Å²) < 4.78 is 5.15. The van der Waals surface area contributed by atoms with E-state index in [4.69, 9.17) is 4.74 Å². The summed E-state index contributed by atoms with van der Waals surface area (Å²) in [6, 6.07) is 11.4. The van der Waals surface area contributed by atoms with Gasteiger partial charge in [-0.25, -0.2) is 9.97 Å². The number of hydrogen-bond donors (Lipinski definition) is 0. The minimum Gasteiger partial charge on any atom is -0.465 e. The highest BCUT2D eigenvalue weighted by molar-refractivity contribution is 8.00. The Morgan fingerprint density at radius 1 is 1.30 bits per heavy atom. The normalized spacial score (nSPS) is 11.9. The lowest BCUT2D eigenvalue weighted by Crippen LogP contribution is -2.13. The molecule has 1 atom stereocenters. The number of aromatic nitrogens is 2. The van der Waals surface area contributed by atoms with E-state index in [1.165, 1.54) is 11.8 Å². The van der Waals surface area contributed by atoms with Crippen molar-refractivity contribution in [1.82, 2.24) is 9.97 Å². The number of carbonyl (C=O) groups excluding carboxylic acids is 1. The molecule has 0 bridgehead atoms. The number of benzene rings is 1. The molecule has 0 aliphatic heterocycles. The average Bonchev–Trinajstić information content (AvgIpc) is 2.46. The molecule has 0 saturated heterocycles. The number of carbonyl (C=O) groups is 1. The second-order valence-electron chi connectivity index (χ2n) is 4.14. The van der Waals surface area contributed by atoms with E-state index in [1.807, 2.05) is 43.3 Å². The Bertz CT molecular complexity index is 575. The Labute approximate surface area is 122 Å². The van der Waals surface area contributed by atoms with Gasteiger partial charge in [0, 0.05) is 11.9 Å². The van der Waals surface area contributed by atoms with Crippen molar-refractivity contribution < 1.29 is 9.53 Å². The Morgan fingerprint density at radius 2 is 2.05 bits per heavy atom. The molecule has 20 heavy (non-hydrogen) atoms. The first kappa shape index (κ1) is 14.5. The van der Waals surface area contributed by atoms with Crippen LogP contribution in [0.5, 0.6) is 0 Å². The SMILES string of the molecule is CCOC(=O)C(Sc1nccc(C)n1)c1ccccc1. The van der Waals surface area contributed by atoms with Gasteiger partial charge in [0.1, 0.15) is 5.25 Å². The van der Waals surface area contributed by atoms with Crippen LogP contribution in [0.3, 0.4) is 0 Å². The van der Waals surface area contributed by atoms with Crippen molar-refractivity contribution in [3.05, 3.63) is 53.9 Å². The van der Waals surface area contributed by atoms with Crippen molar-refractivity contribution in [2.75, 3.05) is 6.61 Å². The molecule has 4 nitrogen and oxygen atoms in total. The summed E-state index contributed by atoms with van der Waals surface area (Å²) in [5, 5.41) is 0.129. The highest BCUT2D eigenvalue weighted by Gasteiger charge is 2.24. The number of aryl methyl sites for hydroxylation is 1. The van der Waals surface area contributed by atoms with Crippen LogP contribution in [0.1, 0.15) is 23.4 Å². The molecule has 1 unspecified atom stereocenters. The monoisotopic (exact) mass is 288 g/mol. The van der Waals surface area contributed by atoms with Crippen molar-refractivity contribution >= 4 is 17.7 Å². The smallest absolute Gasteiger partial charge is 0.324 e. The first-order chi connectivity index (χ1) is 9.70. The van der Waals surface area contributed by atoms with Crippen LogP contribution in [0.25, 0.3) is 0 Å². The van der Waals surface area contributed by atoms with Crippen molar-refractivity contribution in [2.24, 2.45) is 0 Å². The van der Waals surface area contributed by atoms with Gasteiger partial charge in [-0.15, -0.1) is 0 Å². The van der Waals surface area contributed by atoms with E-state index in [1.54, 1.807) is 13.1 Å². The predicted octanol–water partition coefficient (Wildman–Crippen LogP) is 3.18. The minimum absolute atomic E-state index is 0.270. The van der Waals surface area contributed by atoms with Gasteiger partial charge in [0.2, 0.25) is 0 Å². The van der Waals surface area contributed by atoms with Gasteiger partial charge in [-0.2, -0.15) is 0 Å². The molecule has 0 aliphatic carbocycles. The zero-order chi connectivity index (χ0) is 14.4. The maximum Gasteiger partial charge on any atom is 0.324 e. The molecule has 0 aliphatic rings. The fourth-order valence-electron chi connectivity index (χ4n) is 1.69. The zero-order valence-corrected chi connectivity index (χ0v) is 12.3. The summed E-state index contributed by atoms with van der Waals surface area (Å²) in [5.41, 5.74) is 1.76. The summed E-state index contributed by atoms with van der Waals surface area (Å²) in [4.78, 5) is 20.7. The first-order valence-electron chi connectivity index (χ1n) is 6.38. The van der Waals surface area contributed by atoms with E-state index in [0.717, 1.165) is 11.3 Å². The minimum atomic E-state index is -0.446. The average molecular weight is 288 g/mol. The molecule has 5 heteroatoms. The third kappa shape index (κ3) is 3.81. The molecule has 0 radical (unpaired) electrons. The van der Waals surface area contributed by atoms with Crippen LogP contribution in [0.2, 0.25) is 0 Å². The molecule has 2 aromatic rings. The number of rotatable bonds is 5. The first-order valence-corrected chi connectivity index (χ1v) is 7.26. The van der Waals surface area contributed by atoms with Crippen LogP contribution in [-0.2, 0) is 9.53 Å². The lowest BCUT2D eigenvalue weighted by molar-refractivity contribution is -0.142. The number of hydrogen-bond acceptors (Lipinski definition) is 5. The van der Waals surface area contributed by atoms with Gasteiger partial charge in [-0.3, -0.25) is 4.79 Å². The van der Waals surface area contributed by atoms with E-state index in [0.29, 0.717) is 11.8 Å².